The van der Waals surface area contributed by atoms with Gasteiger partial charge in [0.2, 0.25) is 5.91 Å². The number of likely N-dealkylation sites (tertiary alicyclic amines) is 1. The Hall–Kier alpha value is -2.93. The number of piperidine rings is 1. The monoisotopic (exact) mass is 520 g/mol. The molecule has 1 saturated heterocycles. The van der Waals surface area contributed by atoms with Crippen molar-refractivity contribution in [1.29, 1.82) is 0 Å². The number of carbonyl (C=O) groups is 2. The summed E-state index contributed by atoms with van der Waals surface area (Å²) in [6.45, 7) is 9.88. The predicted molar refractivity (Wildman–Crippen MR) is 152 cm³/mol. The Morgan fingerprint density at radius 2 is 2.08 bits per heavy atom. The molecule has 4 rings (SSSR count). The van der Waals surface area contributed by atoms with Crippen molar-refractivity contribution in [3.8, 4) is 0 Å². The summed E-state index contributed by atoms with van der Waals surface area (Å²) in [7, 11) is 0. The molecule has 3 N–H and O–H groups in total. The number of fused-ring (bicyclic) bond motifs is 1. The Kier molecular flexibility index (Phi) is 10.2. The maximum absolute atomic E-state index is 13.0. The molecule has 0 spiro atoms. The van der Waals surface area contributed by atoms with Crippen molar-refractivity contribution in [3.63, 3.8) is 0 Å². The van der Waals surface area contributed by atoms with Crippen LogP contribution >= 0.6 is 0 Å². The first-order valence-electron chi connectivity index (χ1n) is 14.4. The van der Waals surface area contributed by atoms with E-state index in [1.807, 2.05) is 12.2 Å². The highest BCUT2D eigenvalue weighted by Crippen LogP contribution is 2.26. The number of nitrogens with one attached hydrogen (secondary N) is 2. The van der Waals surface area contributed by atoms with Gasteiger partial charge in [0.05, 0.1) is 11.8 Å². The summed E-state index contributed by atoms with van der Waals surface area (Å²) in [4.78, 5) is 32.1. The van der Waals surface area contributed by atoms with Crippen molar-refractivity contribution in [2.45, 2.75) is 71.1 Å². The lowest BCUT2D eigenvalue weighted by Crippen LogP contribution is -2.45. The summed E-state index contributed by atoms with van der Waals surface area (Å²) in [5.41, 5.74) is 5.62. The topological polar surface area (TPSA) is 94.6 Å². The van der Waals surface area contributed by atoms with Gasteiger partial charge in [0.25, 0.3) is 0 Å². The maximum atomic E-state index is 13.0. The van der Waals surface area contributed by atoms with Gasteiger partial charge in [-0.2, -0.15) is 0 Å². The number of aryl methyl sites for hydroxylation is 2. The van der Waals surface area contributed by atoms with Crippen LogP contribution in [0, 0.1) is 11.8 Å². The Balaban J connectivity index is 1.22. The second-order valence-electron chi connectivity index (χ2n) is 11.1. The first kappa shape index (κ1) is 28.1. The fourth-order valence-corrected chi connectivity index (χ4v) is 5.82. The number of hydrogen-bond acceptors (Lipinski definition) is 5. The van der Waals surface area contributed by atoms with Gasteiger partial charge < -0.3 is 20.6 Å². The van der Waals surface area contributed by atoms with Crippen LogP contribution in [0.15, 0.2) is 47.6 Å². The zero-order valence-electron chi connectivity index (χ0n) is 22.9. The molecule has 1 amide bonds. The van der Waals surface area contributed by atoms with Crippen LogP contribution in [0.1, 0.15) is 69.5 Å². The second-order valence-corrected chi connectivity index (χ2v) is 11.1. The van der Waals surface area contributed by atoms with Gasteiger partial charge in [-0.3, -0.25) is 9.59 Å². The third-order valence-electron chi connectivity index (χ3n) is 8.26. The number of rotatable bonds is 11. The van der Waals surface area contributed by atoms with Gasteiger partial charge in [0.1, 0.15) is 5.82 Å². The van der Waals surface area contributed by atoms with Gasteiger partial charge in [0.15, 0.2) is 0 Å². The Morgan fingerprint density at radius 3 is 2.89 bits per heavy atom. The molecular weight excluding hydrogens is 476 g/mol. The molecule has 2 aliphatic heterocycles. The van der Waals surface area contributed by atoms with E-state index in [0.29, 0.717) is 5.57 Å². The smallest absolute Gasteiger partial charge is 0.312 e. The van der Waals surface area contributed by atoms with Crippen molar-refractivity contribution in [2.75, 3.05) is 38.0 Å². The van der Waals surface area contributed by atoms with E-state index < -0.39 is 11.9 Å². The Labute approximate surface area is 227 Å². The molecule has 1 fully saturated rings. The summed E-state index contributed by atoms with van der Waals surface area (Å²) in [6.07, 6.45) is 14.4. The third-order valence-corrected chi connectivity index (χ3v) is 8.26. The fourth-order valence-electron chi connectivity index (χ4n) is 5.82. The normalized spacial score (nSPS) is 21.0. The summed E-state index contributed by atoms with van der Waals surface area (Å²) in [5.74, 6) is -0.889. The zero-order valence-corrected chi connectivity index (χ0v) is 22.9. The van der Waals surface area contributed by atoms with E-state index in [-0.39, 0.29) is 18.4 Å². The fraction of sp³-hybridized carbons (Fsp3) is 0.581. The molecule has 0 unspecified atom stereocenters. The number of allylic oxidation sites excluding steroid dienone is 4. The molecular formula is C31H44N4O3. The molecule has 0 saturated carbocycles. The van der Waals surface area contributed by atoms with Crippen molar-refractivity contribution in [3.05, 3.63) is 58.8 Å². The summed E-state index contributed by atoms with van der Waals surface area (Å²) >= 11 is 0. The highest BCUT2D eigenvalue weighted by Gasteiger charge is 2.27. The molecule has 3 heterocycles. The third kappa shape index (κ3) is 7.79. The van der Waals surface area contributed by atoms with Gasteiger partial charge >= 0.3 is 5.97 Å². The number of pyridine rings is 1. The number of aromatic nitrogens is 1. The van der Waals surface area contributed by atoms with Crippen molar-refractivity contribution >= 4 is 17.7 Å². The van der Waals surface area contributed by atoms with Gasteiger partial charge in [-0.15, -0.1) is 0 Å². The summed E-state index contributed by atoms with van der Waals surface area (Å²) < 4.78 is 0. The van der Waals surface area contributed by atoms with Gasteiger partial charge in [-0.25, -0.2) is 4.98 Å². The predicted octanol–water partition coefficient (Wildman–Crippen LogP) is 4.90. The van der Waals surface area contributed by atoms with E-state index in [9.17, 15) is 14.7 Å². The van der Waals surface area contributed by atoms with E-state index in [4.69, 9.17) is 4.98 Å². The molecule has 1 aliphatic carbocycles. The van der Waals surface area contributed by atoms with E-state index in [1.54, 1.807) is 0 Å². The van der Waals surface area contributed by atoms with Crippen LogP contribution in [0.2, 0.25) is 0 Å². The lowest BCUT2D eigenvalue weighted by molar-refractivity contribution is -0.140. The number of hydrogen-bond donors (Lipinski definition) is 3. The molecule has 0 bridgehead atoms. The number of carbonyl (C=O) groups excluding carboxylic acids is 1. The molecule has 1 aromatic rings. The van der Waals surface area contributed by atoms with E-state index in [1.165, 1.54) is 36.0 Å². The van der Waals surface area contributed by atoms with Crippen LogP contribution in [0.25, 0.3) is 0 Å². The molecule has 206 valence electrons. The van der Waals surface area contributed by atoms with Crippen LogP contribution in [0.4, 0.5) is 5.82 Å². The van der Waals surface area contributed by atoms with Gasteiger partial charge in [-0.1, -0.05) is 30.4 Å². The molecule has 0 aromatic carbocycles. The van der Waals surface area contributed by atoms with Crippen molar-refractivity contribution in [1.82, 2.24) is 15.2 Å². The average molecular weight is 521 g/mol. The largest absolute Gasteiger partial charge is 0.481 e. The number of carboxylic acid groups (broad SMARTS) is 1. The van der Waals surface area contributed by atoms with Gasteiger partial charge in [-0.05, 0) is 107 Å². The number of anilines is 1. The van der Waals surface area contributed by atoms with E-state index >= 15 is 0 Å². The molecule has 1 aromatic heterocycles. The van der Waals surface area contributed by atoms with Crippen molar-refractivity contribution in [2.24, 2.45) is 11.8 Å². The van der Waals surface area contributed by atoms with Gasteiger partial charge in [0, 0.05) is 25.3 Å². The number of carboxylic acids is 1. The number of nitrogens with zero attached hydrogens (tertiary/aromatic N) is 2. The summed E-state index contributed by atoms with van der Waals surface area (Å²) in [6, 6.07) is 4.35. The maximum Gasteiger partial charge on any atom is 0.312 e. The minimum Gasteiger partial charge on any atom is -0.481 e. The Bertz CT molecular complexity index is 1080. The Morgan fingerprint density at radius 1 is 1.24 bits per heavy atom. The molecule has 0 radical (unpaired) electrons. The zero-order chi connectivity index (χ0) is 26.9. The highest BCUT2D eigenvalue weighted by atomic mass is 16.4. The minimum atomic E-state index is -0.953. The number of amides is 1. The van der Waals surface area contributed by atoms with Crippen LogP contribution in [-0.4, -0.2) is 59.6 Å². The second kappa shape index (κ2) is 13.7. The average Bonchev–Trinajstić information content (AvgIpc) is 2.92. The van der Waals surface area contributed by atoms with E-state index in [2.05, 4.69) is 41.2 Å². The lowest BCUT2D eigenvalue weighted by Gasteiger charge is -2.32. The molecule has 7 heteroatoms. The van der Waals surface area contributed by atoms with Crippen LogP contribution in [-0.2, 0) is 22.4 Å². The standard InChI is InChI=1S/C31H44N4O3/c1-22-8-3-4-9-24(22)14-13-23(2)28(31(37)38)20-33-30(36)26-11-6-18-35(21-26)19-7-12-27-16-15-25-10-5-17-32-29(25)34-27/h13-16,26,28H,2-12,17-21H2,1H3,(H,32,34)(H,33,36)(H,37,38)/b14-13-/t26-,28+/m1/s1. The first-order valence-corrected chi connectivity index (χ1v) is 14.4. The lowest BCUT2D eigenvalue weighted by atomic mass is 9.91. The first-order chi connectivity index (χ1) is 18.4. The SMILES string of the molecule is C=C(/C=C\C1=C(C)CCCC1)[C@H](CNC(=O)[C@@H]1CCCN(CCCc2ccc3c(n2)NCCC3)C1)C(=O)O. The van der Waals surface area contributed by atoms with E-state index in [0.717, 1.165) is 82.6 Å². The molecule has 3 aliphatic rings. The van der Waals surface area contributed by atoms with Crippen LogP contribution in [0.5, 0.6) is 0 Å². The number of aliphatic carboxylic acids is 1. The summed E-state index contributed by atoms with van der Waals surface area (Å²) in [5, 5.41) is 16.1. The highest BCUT2D eigenvalue weighted by molar-refractivity contribution is 5.81. The van der Waals surface area contributed by atoms with Crippen LogP contribution in [0.3, 0.4) is 0 Å². The molecule has 7 nitrogen and oxygen atoms in total. The van der Waals surface area contributed by atoms with Crippen molar-refractivity contribution < 1.29 is 14.7 Å². The van der Waals surface area contributed by atoms with Crippen LogP contribution < -0.4 is 10.6 Å². The molecule has 2 atom stereocenters. The molecule has 38 heavy (non-hydrogen) atoms. The quantitative estimate of drug-likeness (QED) is 0.359. The minimum absolute atomic E-state index is 0.0500.